The van der Waals surface area contributed by atoms with Crippen LogP contribution in [0, 0.1) is 6.92 Å². The monoisotopic (exact) mass is 230 g/mol. The number of hydrogen-bond donors (Lipinski definition) is 2. The summed E-state index contributed by atoms with van der Waals surface area (Å²) < 4.78 is 16.3. The van der Waals surface area contributed by atoms with Crippen LogP contribution >= 0.6 is 0 Å². The summed E-state index contributed by atoms with van der Waals surface area (Å²) in [6.45, 7) is 2.08. The molecule has 0 radical (unpaired) electrons. The molecule has 1 rings (SSSR count). The number of aryl methyl sites for hydroxylation is 1. The quantitative estimate of drug-likeness (QED) is 0.510. The zero-order valence-electron chi connectivity index (χ0n) is 6.10. The van der Waals surface area contributed by atoms with Crippen LogP contribution in [0.2, 0.25) is 0 Å². The van der Waals surface area contributed by atoms with E-state index in [1.54, 1.807) is 0 Å². The van der Waals surface area contributed by atoms with Gasteiger partial charge in [-0.3, -0.25) is 0 Å². The van der Waals surface area contributed by atoms with Gasteiger partial charge in [0.25, 0.3) is 0 Å². The van der Waals surface area contributed by atoms with Gasteiger partial charge in [-0.05, 0) is 6.92 Å². The van der Waals surface area contributed by atoms with Gasteiger partial charge in [0.1, 0.15) is 9.64 Å². The van der Waals surface area contributed by atoms with Gasteiger partial charge in [-0.1, -0.05) is 35.9 Å². The third-order valence-electron chi connectivity index (χ3n) is 0.940. The topological polar surface area (TPSA) is 37.3 Å². The van der Waals surface area contributed by atoms with Crippen LogP contribution in [0.1, 0.15) is 5.56 Å². The predicted molar refractivity (Wildman–Crippen MR) is 57.9 cm³/mol. The van der Waals surface area contributed by atoms with E-state index in [-0.39, 0.29) is 51.4 Å². The Morgan fingerprint density at radius 2 is 1.67 bits per heavy atom. The molecule has 0 amide bonds. The summed E-state index contributed by atoms with van der Waals surface area (Å²) in [5.41, 5.74) is 1.32. The van der Waals surface area contributed by atoms with Gasteiger partial charge in [0.15, 0.2) is 0 Å². The summed E-state index contributed by atoms with van der Waals surface area (Å²) in [4.78, 5) is 0. The second kappa shape index (κ2) is 10.3. The molecule has 1 N–H and O–H groups in total. The van der Waals surface area contributed by atoms with Crippen molar-refractivity contribution in [3.63, 3.8) is 0 Å². The summed E-state index contributed by atoms with van der Waals surface area (Å²) >= 11 is 3.69. The van der Waals surface area contributed by atoms with Gasteiger partial charge < -0.3 is 4.55 Å². The van der Waals surface area contributed by atoms with Gasteiger partial charge in [0.2, 0.25) is 0 Å². The van der Waals surface area contributed by atoms with E-state index in [0.29, 0.717) is 0 Å². The molecular weight excluding hydrogens is 219 g/mol. The summed E-state index contributed by atoms with van der Waals surface area (Å²) in [7, 11) is -2.29. The molecule has 1 aromatic rings. The molecule has 0 aliphatic heterocycles. The third kappa shape index (κ3) is 13.8. The maximum absolute atomic E-state index is 8.96. The fourth-order valence-corrected chi connectivity index (χ4v) is 0.534. The Balaban J connectivity index is 0. The van der Waals surface area contributed by atoms with Crippen LogP contribution in [0.3, 0.4) is 0 Å². The Bertz CT molecular complexity index is 251. The normalized spacial score (nSPS) is 10.2. The van der Waals surface area contributed by atoms with Gasteiger partial charge in [-0.15, -0.1) is 0 Å². The predicted octanol–water partition coefficient (Wildman–Crippen LogP) is 0.749. The van der Waals surface area contributed by atoms with E-state index < -0.39 is 9.64 Å². The van der Waals surface area contributed by atoms with Gasteiger partial charge in [0, 0.05) is 11.2 Å². The van der Waals surface area contributed by atoms with Crippen LogP contribution in [0.5, 0.6) is 0 Å². The third-order valence-corrected chi connectivity index (χ3v) is 0.940. The number of thiol groups is 1. The van der Waals surface area contributed by atoms with E-state index in [1.807, 2.05) is 18.2 Å². The van der Waals surface area contributed by atoms with Crippen molar-refractivity contribution < 1.29 is 8.76 Å². The Kier molecular flexibility index (Phi) is 13.4. The first-order valence-corrected chi connectivity index (χ1v) is 5.20. The van der Waals surface area contributed by atoms with Crippen molar-refractivity contribution in [3.05, 3.63) is 35.9 Å². The molecule has 5 heteroatoms. The Morgan fingerprint density at radius 3 is 1.83 bits per heavy atom. The molecular formula is C7H11KO2S2. The molecule has 0 saturated carbocycles. The van der Waals surface area contributed by atoms with E-state index in [0.717, 1.165) is 0 Å². The van der Waals surface area contributed by atoms with Gasteiger partial charge in [0.05, 0.1) is 0 Å². The maximum atomic E-state index is 8.96. The Hall–Kier alpha value is 1.19. The van der Waals surface area contributed by atoms with Crippen LogP contribution in [0.25, 0.3) is 0 Å². The minimum absolute atomic E-state index is 0. The molecule has 0 aliphatic rings. The Labute approximate surface area is 122 Å². The van der Waals surface area contributed by atoms with Crippen LogP contribution in [0.4, 0.5) is 0 Å². The average molecular weight is 230 g/mol. The number of rotatable bonds is 0. The zero-order chi connectivity index (χ0) is 8.69. The number of hydrogen-bond acceptors (Lipinski definition) is 2. The summed E-state index contributed by atoms with van der Waals surface area (Å²) in [5.74, 6) is 0. The van der Waals surface area contributed by atoms with Crippen molar-refractivity contribution in [1.29, 1.82) is 0 Å². The van der Waals surface area contributed by atoms with Crippen molar-refractivity contribution in [2.45, 2.75) is 6.92 Å². The first kappa shape index (κ1) is 15.6. The van der Waals surface area contributed by atoms with Crippen LogP contribution in [-0.4, -0.2) is 60.1 Å². The summed E-state index contributed by atoms with van der Waals surface area (Å²) in [5, 5.41) is 0. The van der Waals surface area contributed by atoms with Crippen LogP contribution < -0.4 is 0 Å². The summed E-state index contributed by atoms with van der Waals surface area (Å²) in [6, 6.07) is 10.3. The van der Waals surface area contributed by atoms with E-state index >= 15 is 0 Å². The van der Waals surface area contributed by atoms with Crippen molar-refractivity contribution in [3.8, 4) is 0 Å². The molecule has 1 aromatic carbocycles. The molecule has 1 unspecified atom stereocenters. The van der Waals surface area contributed by atoms with E-state index in [4.69, 9.17) is 8.76 Å². The molecule has 0 aliphatic carbocycles. The van der Waals surface area contributed by atoms with Crippen molar-refractivity contribution >= 4 is 72.2 Å². The number of benzene rings is 1. The minimum atomic E-state index is -2.29. The van der Waals surface area contributed by atoms with E-state index in [1.165, 1.54) is 5.56 Å². The van der Waals surface area contributed by atoms with Crippen molar-refractivity contribution in [2.75, 3.05) is 0 Å². The SMILES string of the molecule is Cc1ccccc1.O=[SH](O)=S.[KH]. The van der Waals surface area contributed by atoms with Gasteiger partial charge >= 0.3 is 51.4 Å². The van der Waals surface area contributed by atoms with Crippen molar-refractivity contribution in [2.24, 2.45) is 0 Å². The molecule has 0 spiro atoms. The molecule has 0 fully saturated rings. The first-order valence-electron chi connectivity index (χ1n) is 2.98. The standard InChI is InChI=1S/C7H8.K.H2O2S2.H/c1-7-5-3-2-4-6-7;;1-4(2)3;/h2-6H,1H3;;4H,(H,1,2,3);. The molecule has 0 heterocycles. The average Bonchev–Trinajstić information content (AvgIpc) is 1.87. The van der Waals surface area contributed by atoms with Gasteiger partial charge in [-0.25, -0.2) is 4.21 Å². The molecule has 1 atom stereocenters. The van der Waals surface area contributed by atoms with Crippen LogP contribution in [0.15, 0.2) is 30.3 Å². The Morgan fingerprint density at radius 1 is 1.33 bits per heavy atom. The first-order chi connectivity index (χ1) is 5.13. The van der Waals surface area contributed by atoms with Crippen molar-refractivity contribution in [1.82, 2.24) is 0 Å². The fourth-order valence-electron chi connectivity index (χ4n) is 0.534. The van der Waals surface area contributed by atoms with E-state index in [2.05, 4.69) is 30.2 Å². The molecule has 12 heavy (non-hydrogen) atoms. The second-order valence-corrected chi connectivity index (χ2v) is 3.31. The second-order valence-electron chi connectivity index (χ2n) is 1.89. The zero-order valence-corrected chi connectivity index (χ0v) is 7.81. The molecule has 64 valence electrons. The van der Waals surface area contributed by atoms with Crippen LogP contribution in [-0.2, 0) is 20.8 Å². The fraction of sp³-hybridized carbons (Fsp3) is 0.143. The molecule has 0 saturated heterocycles. The van der Waals surface area contributed by atoms with Gasteiger partial charge in [-0.2, -0.15) is 0 Å². The molecule has 0 aromatic heterocycles. The van der Waals surface area contributed by atoms with E-state index in [9.17, 15) is 0 Å². The molecule has 2 nitrogen and oxygen atoms in total. The summed E-state index contributed by atoms with van der Waals surface area (Å²) in [6.07, 6.45) is 0. The molecule has 0 bridgehead atoms.